The molecule has 1 aromatic heterocycles. The lowest BCUT2D eigenvalue weighted by Gasteiger charge is -2.22. The topological polar surface area (TPSA) is 17.8 Å². The van der Waals surface area contributed by atoms with Gasteiger partial charge in [0.05, 0.1) is 12.4 Å². The second kappa shape index (κ2) is 6.21. The Kier molecular flexibility index (Phi) is 3.92. The Bertz CT molecular complexity index is 822. The van der Waals surface area contributed by atoms with E-state index >= 15 is 0 Å². The van der Waals surface area contributed by atoms with Crippen LogP contribution in [0.25, 0.3) is 11.1 Å². The largest absolute Gasteiger partial charge is 0.327 e. The van der Waals surface area contributed by atoms with E-state index in [1.807, 2.05) is 30.7 Å². The predicted molar refractivity (Wildman–Crippen MR) is 94.8 cm³/mol. The summed E-state index contributed by atoms with van der Waals surface area (Å²) in [4.78, 5) is 4.38. The van der Waals surface area contributed by atoms with Crippen LogP contribution in [0.3, 0.4) is 0 Å². The lowest BCUT2D eigenvalue weighted by atomic mass is 9.92. The number of nitrogens with zero attached hydrogens (tertiary/aromatic N) is 2. The number of aryl methyl sites for hydroxylation is 1. The fourth-order valence-electron chi connectivity index (χ4n) is 3.61. The molecule has 0 amide bonds. The summed E-state index contributed by atoms with van der Waals surface area (Å²) in [5, 5.41) is 0.805. The van der Waals surface area contributed by atoms with Crippen molar-refractivity contribution in [2.24, 2.45) is 0 Å². The number of hydrogen-bond donors (Lipinski definition) is 0. The molecule has 4 rings (SSSR count). The molecular weight excluding hydrogens is 304 g/mol. The average molecular weight is 323 g/mol. The molecule has 2 aromatic carbocycles. The van der Waals surface area contributed by atoms with Gasteiger partial charge in [-0.3, -0.25) is 0 Å². The molecule has 0 spiro atoms. The maximum Gasteiger partial charge on any atom is 0.0953 e. The smallest absolute Gasteiger partial charge is 0.0953 e. The molecule has 1 atom stereocenters. The molecule has 116 valence electrons. The van der Waals surface area contributed by atoms with Gasteiger partial charge in [-0.15, -0.1) is 0 Å². The van der Waals surface area contributed by atoms with Crippen molar-refractivity contribution >= 4 is 11.6 Å². The third-order valence-corrected chi connectivity index (χ3v) is 5.06. The molecule has 1 aliphatic rings. The van der Waals surface area contributed by atoms with Crippen molar-refractivity contribution in [1.82, 2.24) is 9.55 Å². The van der Waals surface area contributed by atoms with Crippen LogP contribution in [-0.4, -0.2) is 9.55 Å². The number of aromatic nitrogens is 2. The number of imidazole rings is 1. The molecule has 0 aliphatic carbocycles. The normalized spacial score (nSPS) is 17.5. The zero-order valence-corrected chi connectivity index (χ0v) is 13.7. The first-order valence-corrected chi connectivity index (χ1v) is 8.57. The van der Waals surface area contributed by atoms with E-state index in [2.05, 4.69) is 39.9 Å². The lowest BCUT2D eigenvalue weighted by Crippen LogP contribution is -2.11. The minimum absolute atomic E-state index is 0.336. The maximum absolute atomic E-state index is 6.46. The molecule has 3 heteroatoms. The van der Waals surface area contributed by atoms with Gasteiger partial charge < -0.3 is 4.57 Å². The summed E-state index contributed by atoms with van der Waals surface area (Å²) in [5.74, 6) is 0. The van der Waals surface area contributed by atoms with Crippen molar-refractivity contribution < 1.29 is 0 Å². The quantitative estimate of drug-likeness (QED) is 0.607. The van der Waals surface area contributed by atoms with Gasteiger partial charge in [0.2, 0.25) is 0 Å². The van der Waals surface area contributed by atoms with Crippen LogP contribution in [0.4, 0.5) is 0 Å². The first-order valence-electron chi connectivity index (χ1n) is 8.19. The summed E-state index contributed by atoms with van der Waals surface area (Å²) < 4.78 is 2.35. The highest BCUT2D eigenvalue weighted by molar-refractivity contribution is 6.33. The van der Waals surface area contributed by atoms with Gasteiger partial charge in [0.15, 0.2) is 0 Å². The molecule has 1 aliphatic heterocycles. The second-order valence-corrected chi connectivity index (χ2v) is 6.53. The van der Waals surface area contributed by atoms with Crippen LogP contribution in [-0.2, 0) is 6.42 Å². The highest BCUT2D eigenvalue weighted by Gasteiger charge is 2.22. The van der Waals surface area contributed by atoms with Gasteiger partial charge in [-0.05, 0) is 36.5 Å². The molecule has 1 unspecified atom stereocenters. The van der Waals surface area contributed by atoms with E-state index in [1.54, 1.807) is 0 Å². The van der Waals surface area contributed by atoms with Crippen molar-refractivity contribution in [3.05, 3.63) is 77.3 Å². The SMILES string of the molecule is Clc1ccccc1-c1ccccc1C1CCCCc2cncn21. The molecule has 2 heterocycles. The van der Waals surface area contributed by atoms with Gasteiger partial charge >= 0.3 is 0 Å². The van der Waals surface area contributed by atoms with Crippen LogP contribution in [0.2, 0.25) is 5.02 Å². The van der Waals surface area contributed by atoms with Gasteiger partial charge in [0.1, 0.15) is 0 Å². The second-order valence-electron chi connectivity index (χ2n) is 6.12. The number of hydrogen-bond acceptors (Lipinski definition) is 1. The van der Waals surface area contributed by atoms with Crippen LogP contribution < -0.4 is 0 Å². The molecule has 3 aromatic rings. The summed E-state index contributed by atoms with van der Waals surface area (Å²) in [5.41, 5.74) is 5.00. The summed E-state index contributed by atoms with van der Waals surface area (Å²) in [6.45, 7) is 0. The molecule has 0 radical (unpaired) electrons. The minimum Gasteiger partial charge on any atom is -0.327 e. The first-order chi connectivity index (χ1) is 11.3. The van der Waals surface area contributed by atoms with Gasteiger partial charge in [0.25, 0.3) is 0 Å². The van der Waals surface area contributed by atoms with Crippen molar-refractivity contribution in [2.75, 3.05) is 0 Å². The fourth-order valence-corrected chi connectivity index (χ4v) is 3.84. The standard InChI is InChI=1S/C20H19ClN2/c21-19-11-5-4-9-17(19)16-8-2-3-10-18(16)20-12-6-1-7-15-13-22-14-23(15)20/h2-5,8-11,13-14,20H,1,6-7,12H2. The lowest BCUT2D eigenvalue weighted by molar-refractivity contribution is 0.537. The van der Waals surface area contributed by atoms with Gasteiger partial charge in [-0.1, -0.05) is 60.5 Å². The van der Waals surface area contributed by atoms with Crippen molar-refractivity contribution in [1.29, 1.82) is 0 Å². The monoisotopic (exact) mass is 322 g/mol. The van der Waals surface area contributed by atoms with E-state index in [0.29, 0.717) is 6.04 Å². The Balaban J connectivity index is 1.87. The van der Waals surface area contributed by atoms with Crippen molar-refractivity contribution in [3.63, 3.8) is 0 Å². The summed E-state index contributed by atoms with van der Waals surface area (Å²) in [6, 6.07) is 17.1. The van der Waals surface area contributed by atoms with Gasteiger partial charge in [-0.25, -0.2) is 4.98 Å². The van der Waals surface area contributed by atoms with E-state index in [4.69, 9.17) is 11.6 Å². The van der Waals surface area contributed by atoms with Crippen LogP contribution in [0.15, 0.2) is 61.1 Å². The Labute approximate surface area is 141 Å². The highest BCUT2D eigenvalue weighted by Crippen LogP contribution is 2.38. The van der Waals surface area contributed by atoms with Gasteiger partial charge in [-0.2, -0.15) is 0 Å². The van der Waals surface area contributed by atoms with Crippen LogP contribution in [0.1, 0.15) is 36.6 Å². The molecule has 0 saturated heterocycles. The Morgan fingerprint density at radius 1 is 0.957 bits per heavy atom. The molecule has 0 saturated carbocycles. The van der Waals surface area contributed by atoms with E-state index in [9.17, 15) is 0 Å². The van der Waals surface area contributed by atoms with Gasteiger partial charge in [0, 0.05) is 22.5 Å². The Morgan fingerprint density at radius 3 is 2.61 bits per heavy atom. The fraction of sp³-hybridized carbons (Fsp3) is 0.250. The molecular formula is C20H19ClN2. The number of fused-ring (bicyclic) bond motifs is 1. The number of halogens is 1. The number of benzene rings is 2. The average Bonchev–Trinajstić information content (AvgIpc) is 2.95. The van der Waals surface area contributed by atoms with E-state index in [-0.39, 0.29) is 0 Å². The summed E-state index contributed by atoms with van der Waals surface area (Å²) in [7, 11) is 0. The zero-order chi connectivity index (χ0) is 15.6. The predicted octanol–water partition coefficient (Wildman–Crippen LogP) is 5.52. The zero-order valence-electron chi connectivity index (χ0n) is 13.0. The molecule has 23 heavy (non-hydrogen) atoms. The summed E-state index contributed by atoms with van der Waals surface area (Å²) >= 11 is 6.46. The maximum atomic E-state index is 6.46. The van der Waals surface area contributed by atoms with Crippen LogP contribution in [0.5, 0.6) is 0 Å². The highest BCUT2D eigenvalue weighted by atomic mass is 35.5. The van der Waals surface area contributed by atoms with Crippen LogP contribution >= 0.6 is 11.6 Å². The molecule has 0 N–H and O–H groups in total. The molecule has 0 bridgehead atoms. The molecule has 0 fully saturated rings. The van der Waals surface area contributed by atoms with E-state index in [1.165, 1.54) is 29.7 Å². The molecule has 2 nitrogen and oxygen atoms in total. The van der Waals surface area contributed by atoms with Crippen molar-refractivity contribution in [3.8, 4) is 11.1 Å². The first kappa shape index (κ1) is 14.5. The van der Waals surface area contributed by atoms with Crippen molar-refractivity contribution in [2.45, 2.75) is 31.7 Å². The third-order valence-electron chi connectivity index (χ3n) is 4.73. The Hall–Kier alpha value is -2.06. The van der Waals surface area contributed by atoms with Crippen LogP contribution in [0, 0.1) is 0 Å². The minimum atomic E-state index is 0.336. The number of rotatable bonds is 2. The Morgan fingerprint density at radius 2 is 1.74 bits per heavy atom. The van der Waals surface area contributed by atoms with E-state index < -0.39 is 0 Å². The summed E-state index contributed by atoms with van der Waals surface area (Å²) in [6.07, 6.45) is 8.72. The van der Waals surface area contributed by atoms with E-state index in [0.717, 1.165) is 23.4 Å². The third kappa shape index (κ3) is 2.68.